The monoisotopic (exact) mass is 353 g/mol. The number of halogens is 1. The molecule has 0 saturated carbocycles. The second-order valence-electron chi connectivity index (χ2n) is 5.55. The van der Waals surface area contributed by atoms with Gasteiger partial charge in [0.15, 0.2) is 6.10 Å². The van der Waals surface area contributed by atoms with E-state index in [0.717, 1.165) is 5.56 Å². The van der Waals surface area contributed by atoms with Crippen molar-refractivity contribution in [2.45, 2.75) is 13.0 Å². The third kappa shape index (κ3) is 3.94. The molecule has 3 aromatic rings. The molecule has 6 nitrogen and oxygen atoms in total. The van der Waals surface area contributed by atoms with Crippen molar-refractivity contribution in [2.24, 2.45) is 0 Å². The topological polar surface area (TPSA) is 84.1 Å². The molecule has 2 N–H and O–H groups in total. The van der Waals surface area contributed by atoms with Crippen LogP contribution in [-0.2, 0) is 9.53 Å². The molecule has 132 valence electrons. The molecule has 0 aliphatic rings. The zero-order valence-electron chi connectivity index (χ0n) is 13.9. The van der Waals surface area contributed by atoms with Crippen LogP contribution < -0.4 is 5.32 Å². The summed E-state index contributed by atoms with van der Waals surface area (Å²) in [6.07, 6.45) is -1.11. The van der Waals surface area contributed by atoms with Crippen molar-refractivity contribution >= 4 is 17.6 Å². The lowest BCUT2D eigenvalue weighted by atomic mass is 10.1. The summed E-state index contributed by atoms with van der Waals surface area (Å²) in [5, 5.41) is 9.03. The number of para-hydroxylation sites is 1. The second kappa shape index (κ2) is 7.60. The fourth-order valence-electron chi connectivity index (χ4n) is 2.26. The van der Waals surface area contributed by atoms with Gasteiger partial charge in [0, 0.05) is 5.56 Å². The normalized spacial score (nSPS) is 11.6. The summed E-state index contributed by atoms with van der Waals surface area (Å²) >= 11 is 0. The van der Waals surface area contributed by atoms with Gasteiger partial charge in [-0.3, -0.25) is 9.89 Å². The first-order valence-electron chi connectivity index (χ1n) is 7.92. The highest BCUT2D eigenvalue weighted by molar-refractivity contribution is 5.97. The summed E-state index contributed by atoms with van der Waals surface area (Å²) in [5.41, 5.74) is 1.57. The molecule has 0 saturated heterocycles. The Morgan fingerprint density at radius 1 is 1.12 bits per heavy atom. The van der Waals surface area contributed by atoms with Crippen LogP contribution in [0.25, 0.3) is 11.3 Å². The summed E-state index contributed by atoms with van der Waals surface area (Å²) in [6.45, 7) is 1.41. The van der Waals surface area contributed by atoms with Gasteiger partial charge in [0.1, 0.15) is 11.5 Å². The van der Waals surface area contributed by atoms with Gasteiger partial charge in [0.25, 0.3) is 5.91 Å². The van der Waals surface area contributed by atoms with Crippen molar-refractivity contribution in [2.75, 3.05) is 5.32 Å². The third-order valence-corrected chi connectivity index (χ3v) is 3.65. The Hall–Kier alpha value is -3.48. The predicted octanol–water partition coefficient (Wildman–Crippen LogP) is 3.40. The summed E-state index contributed by atoms with van der Waals surface area (Å²) in [5.74, 6) is -1.93. The van der Waals surface area contributed by atoms with Gasteiger partial charge in [-0.2, -0.15) is 5.10 Å². The van der Waals surface area contributed by atoms with Crippen LogP contribution >= 0.6 is 0 Å². The van der Waals surface area contributed by atoms with Gasteiger partial charge < -0.3 is 10.1 Å². The molecule has 0 aliphatic heterocycles. The largest absolute Gasteiger partial charge is 0.448 e. The van der Waals surface area contributed by atoms with Gasteiger partial charge in [-0.1, -0.05) is 42.5 Å². The van der Waals surface area contributed by atoms with Crippen molar-refractivity contribution in [1.82, 2.24) is 10.2 Å². The van der Waals surface area contributed by atoms with Crippen molar-refractivity contribution < 1.29 is 18.7 Å². The molecule has 1 heterocycles. The summed E-state index contributed by atoms with van der Waals surface area (Å²) in [6, 6.07) is 16.6. The van der Waals surface area contributed by atoms with Gasteiger partial charge in [-0.25, -0.2) is 9.18 Å². The molecule has 1 aromatic heterocycles. The number of carbonyl (C=O) groups is 2. The highest BCUT2D eigenvalue weighted by Gasteiger charge is 2.21. The third-order valence-electron chi connectivity index (χ3n) is 3.65. The Morgan fingerprint density at radius 3 is 2.54 bits per heavy atom. The highest BCUT2D eigenvalue weighted by Crippen LogP contribution is 2.18. The van der Waals surface area contributed by atoms with Crippen molar-refractivity contribution in [3.63, 3.8) is 0 Å². The fourth-order valence-corrected chi connectivity index (χ4v) is 2.26. The number of nitrogens with one attached hydrogen (secondary N) is 2. The maximum absolute atomic E-state index is 13.6. The zero-order valence-corrected chi connectivity index (χ0v) is 13.9. The van der Waals surface area contributed by atoms with Crippen LogP contribution in [0.3, 0.4) is 0 Å². The van der Waals surface area contributed by atoms with Gasteiger partial charge in [-0.05, 0) is 25.1 Å². The van der Waals surface area contributed by atoms with E-state index < -0.39 is 23.8 Å². The maximum Gasteiger partial charge on any atom is 0.357 e. The standard InChI is InChI=1S/C19H16FN3O3/c1-12(18(24)21-15-10-6-5-9-14(15)20)26-19(25)17-11-16(22-23-17)13-7-3-2-4-8-13/h2-12H,1H3,(H,21,24)(H,22,23)/t12-/m0/s1. The Kier molecular flexibility index (Phi) is 5.07. The van der Waals surface area contributed by atoms with Crippen molar-refractivity contribution in [3.8, 4) is 11.3 Å². The molecule has 2 aromatic carbocycles. The lowest BCUT2D eigenvalue weighted by Crippen LogP contribution is -2.30. The van der Waals surface area contributed by atoms with Crippen LogP contribution in [0, 0.1) is 5.82 Å². The number of rotatable bonds is 5. The lowest BCUT2D eigenvalue weighted by molar-refractivity contribution is -0.123. The number of carbonyl (C=O) groups excluding carboxylic acids is 2. The van der Waals surface area contributed by atoms with Crippen molar-refractivity contribution in [3.05, 3.63) is 72.2 Å². The van der Waals surface area contributed by atoms with E-state index in [1.165, 1.54) is 25.1 Å². The van der Waals surface area contributed by atoms with Crippen molar-refractivity contribution in [1.29, 1.82) is 0 Å². The van der Waals surface area contributed by atoms with Gasteiger partial charge in [0.2, 0.25) is 0 Å². The molecular weight excluding hydrogens is 337 g/mol. The Labute approximate surface area is 149 Å². The van der Waals surface area contributed by atoms with E-state index in [4.69, 9.17) is 4.74 Å². The summed E-state index contributed by atoms with van der Waals surface area (Å²) < 4.78 is 18.7. The van der Waals surface area contributed by atoms with Crippen LogP contribution in [-0.4, -0.2) is 28.2 Å². The average molecular weight is 353 g/mol. The number of aromatic amines is 1. The molecule has 3 rings (SSSR count). The maximum atomic E-state index is 13.6. The highest BCUT2D eigenvalue weighted by atomic mass is 19.1. The molecule has 26 heavy (non-hydrogen) atoms. The summed E-state index contributed by atoms with van der Waals surface area (Å²) in [7, 11) is 0. The number of ether oxygens (including phenoxy) is 1. The van der Waals surface area contributed by atoms with Crippen LogP contribution in [0.4, 0.5) is 10.1 Å². The van der Waals surface area contributed by atoms with E-state index in [9.17, 15) is 14.0 Å². The molecule has 0 unspecified atom stereocenters. The van der Waals surface area contributed by atoms with Crippen LogP contribution in [0.15, 0.2) is 60.7 Å². The number of benzene rings is 2. The molecule has 7 heteroatoms. The molecule has 1 amide bonds. The van der Waals surface area contributed by atoms with Gasteiger partial charge in [0.05, 0.1) is 11.4 Å². The van der Waals surface area contributed by atoms with Crippen LogP contribution in [0.1, 0.15) is 17.4 Å². The van der Waals surface area contributed by atoms with E-state index in [2.05, 4.69) is 15.5 Å². The average Bonchev–Trinajstić information content (AvgIpc) is 3.14. The lowest BCUT2D eigenvalue weighted by Gasteiger charge is -2.13. The number of anilines is 1. The SMILES string of the molecule is C[C@H](OC(=O)c1cc(-c2ccccc2)n[nH]1)C(=O)Nc1ccccc1F. The predicted molar refractivity (Wildman–Crippen MR) is 93.9 cm³/mol. The van der Waals surface area contributed by atoms with Gasteiger partial charge >= 0.3 is 5.97 Å². The Morgan fingerprint density at radius 2 is 1.81 bits per heavy atom. The minimum atomic E-state index is -1.11. The van der Waals surface area contributed by atoms with Crippen LogP contribution in [0.5, 0.6) is 0 Å². The quantitative estimate of drug-likeness (QED) is 0.689. The first kappa shape index (κ1) is 17.3. The minimum absolute atomic E-state index is 0.0216. The number of esters is 1. The molecular formula is C19H16FN3O3. The Bertz CT molecular complexity index is 925. The molecule has 0 bridgehead atoms. The van der Waals surface area contributed by atoms with Gasteiger partial charge in [-0.15, -0.1) is 0 Å². The Balaban J connectivity index is 1.63. The number of H-pyrrole nitrogens is 1. The van der Waals surface area contributed by atoms with E-state index >= 15 is 0 Å². The summed E-state index contributed by atoms with van der Waals surface area (Å²) in [4.78, 5) is 24.3. The molecule has 0 radical (unpaired) electrons. The first-order valence-corrected chi connectivity index (χ1v) is 7.92. The smallest absolute Gasteiger partial charge is 0.357 e. The zero-order chi connectivity index (χ0) is 18.5. The van der Waals surface area contributed by atoms with E-state index in [1.54, 1.807) is 12.1 Å². The minimum Gasteiger partial charge on any atom is -0.448 e. The van der Waals surface area contributed by atoms with Crippen LogP contribution in [0.2, 0.25) is 0 Å². The molecule has 1 atom stereocenters. The van der Waals surface area contributed by atoms with E-state index in [0.29, 0.717) is 5.69 Å². The first-order chi connectivity index (χ1) is 12.5. The number of hydrogen-bond acceptors (Lipinski definition) is 4. The van der Waals surface area contributed by atoms with E-state index in [1.807, 2.05) is 30.3 Å². The number of aromatic nitrogens is 2. The molecule has 0 spiro atoms. The number of hydrogen-bond donors (Lipinski definition) is 2. The van der Waals surface area contributed by atoms with E-state index in [-0.39, 0.29) is 11.4 Å². The number of amides is 1. The number of nitrogens with zero attached hydrogens (tertiary/aromatic N) is 1. The molecule has 0 aliphatic carbocycles. The second-order valence-corrected chi connectivity index (χ2v) is 5.55. The molecule has 0 fully saturated rings. The fraction of sp³-hybridized carbons (Fsp3) is 0.105.